The van der Waals surface area contributed by atoms with Crippen molar-refractivity contribution in [1.29, 1.82) is 0 Å². The molecule has 2 aromatic heterocycles. The van der Waals surface area contributed by atoms with Gasteiger partial charge in [-0.25, -0.2) is 15.0 Å². The third kappa shape index (κ3) is 5.36. The Balaban J connectivity index is 1.30. The van der Waals surface area contributed by atoms with Gasteiger partial charge < -0.3 is 24.0 Å². The number of carbonyl (C=O) groups is 1. The Kier molecular flexibility index (Phi) is 7.23. The number of rotatable bonds is 7. The summed E-state index contributed by atoms with van der Waals surface area (Å²) in [6.45, 7) is 2.35. The first-order valence-electron chi connectivity index (χ1n) is 11.8. The lowest BCUT2D eigenvalue weighted by molar-refractivity contribution is -0.133. The molecule has 1 fully saturated rings. The normalized spacial score (nSPS) is 13.5. The lowest BCUT2D eigenvalue weighted by Crippen LogP contribution is -2.50. The molecule has 0 aliphatic carbocycles. The van der Waals surface area contributed by atoms with Gasteiger partial charge in [-0.1, -0.05) is 11.6 Å². The predicted molar refractivity (Wildman–Crippen MR) is 142 cm³/mol. The highest BCUT2D eigenvalue weighted by Gasteiger charge is 2.24. The largest absolute Gasteiger partial charge is 0.493 e. The highest BCUT2D eigenvalue weighted by atomic mass is 35.5. The van der Waals surface area contributed by atoms with Crippen LogP contribution in [0.4, 0.5) is 5.82 Å². The first kappa shape index (κ1) is 24.6. The van der Waals surface area contributed by atoms with Crippen LogP contribution >= 0.6 is 11.6 Å². The quantitative estimate of drug-likeness (QED) is 0.360. The van der Waals surface area contributed by atoms with Gasteiger partial charge in [-0.2, -0.15) is 0 Å². The molecule has 0 radical (unpaired) electrons. The number of benzene rings is 2. The molecule has 190 valence electrons. The summed E-state index contributed by atoms with van der Waals surface area (Å²) in [7, 11) is 3.21. The minimum absolute atomic E-state index is 0.0195. The van der Waals surface area contributed by atoms with Gasteiger partial charge in [-0.05, 0) is 54.6 Å². The zero-order valence-corrected chi connectivity index (χ0v) is 21.3. The molecule has 2 aromatic carbocycles. The maximum atomic E-state index is 12.7. The molecular weight excluding hydrogens is 494 g/mol. The minimum Gasteiger partial charge on any atom is -0.493 e. The van der Waals surface area contributed by atoms with Crippen LogP contribution < -0.4 is 19.1 Å². The average Bonchev–Trinajstić information content (AvgIpc) is 2.95. The van der Waals surface area contributed by atoms with Crippen molar-refractivity contribution in [3.63, 3.8) is 0 Å². The summed E-state index contributed by atoms with van der Waals surface area (Å²) in [5.41, 5.74) is 3.13. The number of anilines is 1. The Labute approximate surface area is 219 Å². The van der Waals surface area contributed by atoms with Gasteiger partial charge in [-0.15, -0.1) is 0 Å². The molecule has 0 saturated carbocycles. The maximum absolute atomic E-state index is 12.7. The molecule has 3 heterocycles. The van der Waals surface area contributed by atoms with E-state index >= 15 is 0 Å². The molecule has 1 aliphatic heterocycles. The fourth-order valence-corrected chi connectivity index (χ4v) is 4.38. The molecular formula is C27H26ClN5O4. The molecule has 37 heavy (non-hydrogen) atoms. The number of halogens is 1. The van der Waals surface area contributed by atoms with Gasteiger partial charge in [-0.3, -0.25) is 4.79 Å². The monoisotopic (exact) mass is 519 g/mol. The van der Waals surface area contributed by atoms with Gasteiger partial charge in [0.05, 0.1) is 25.4 Å². The smallest absolute Gasteiger partial charge is 0.260 e. The average molecular weight is 520 g/mol. The molecule has 1 amide bonds. The number of pyridine rings is 1. The summed E-state index contributed by atoms with van der Waals surface area (Å²) in [6.07, 6.45) is 1.55. The molecule has 10 heteroatoms. The van der Waals surface area contributed by atoms with E-state index in [9.17, 15) is 4.79 Å². The molecule has 9 nitrogen and oxygen atoms in total. The Bertz CT molecular complexity index is 1410. The number of fused-ring (bicyclic) bond motifs is 1. The van der Waals surface area contributed by atoms with Gasteiger partial charge in [0.25, 0.3) is 5.91 Å². The second kappa shape index (κ2) is 10.9. The van der Waals surface area contributed by atoms with Crippen LogP contribution in [0.5, 0.6) is 17.2 Å². The van der Waals surface area contributed by atoms with Crippen LogP contribution in [-0.2, 0) is 4.79 Å². The minimum atomic E-state index is -0.0593. The van der Waals surface area contributed by atoms with E-state index in [2.05, 4.69) is 14.9 Å². The zero-order chi connectivity index (χ0) is 25.8. The van der Waals surface area contributed by atoms with E-state index in [0.717, 1.165) is 22.6 Å². The summed E-state index contributed by atoms with van der Waals surface area (Å²) >= 11 is 5.90. The van der Waals surface area contributed by atoms with E-state index < -0.39 is 0 Å². The van der Waals surface area contributed by atoms with E-state index in [-0.39, 0.29) is 12.5 Å². The van der Waals surface area contributed by atoms with Crippen LogP contribution in [0.2, 0.25) is 5.02 Å². The van der Waals surface area contributed by atoms with E-state index in [1.165, 1.54) is 0 Å². The number of hydrogen-bond donors (Lipinski definition) is 0. The number of piperazine rings is 1. The highest BCUT2D eigenvalue weighted by Crippen LogP contribution is 2.33. The first-order valence-corrected chi connectivity index (χ1v) is 12.2. The molecule has 0 bridgehead atoms. The molecule has 4 aromatic rings. The zero-order valence-electron chi connectivity index (χ0n) is 20.6. The van der Waals surface area contributed by atoms with Crippen LogP contribution in [0.15, 0.2) is 60.9 Å². The third-order valence-corrected chi connectivity index (χ3v) is 6.50. The van der Waals surface area contributed by atoms with Crippen molar-refractivity contribution >= 4 is 34.4 Å². The number of ether oxygens (including phenoxy) is 3. The number of nitrogens with zero attached hydrogens (tertiary/aromatic N) is 5. The van der Waals surface area contributed by atoms with Crippen molar-refractivity contribution in [3.05, 3.63) is 65.9 Å². The van der Waals surface area contributed by atoms with Crippen LogP contribution in [0, 0.1) is 0 Å². The maximum Gasteiger partial charge on any atom is 0.260 e. The number of methoxy groups -OCH3 is 2. The number of carbonyl (C=O) groups excluding carboxylic acids is 1. The number of amides is 1. The van der Waals surface area contributed by atoms with Crippen molar-refractivity contribution < 1.29 is 19.0 Å². The van der Waals surface area contributed by atoms with Crippen molar-refractivity contribution in [2.45, 2.75) is 0 Å². The third-order valence-electron chi connectivity index (χ3n) is 6.25. The molecule has 0 atom stereocenters. The van der Waals surface area contributed by atoms with Crippen LogP contribution in [0.3, 0.4) is 0 Å². The van der Waals surface area contributed by atoms with Gasteiger partial charge in [0.1, 0.15) is 17.6 Å². The molecule has 1 aliphatic rings. The second-order valence-electron chi connectivity index (χ2n) is 8.44. The number of aromatic nitrogens is 3. The molecule has 0 spiro atoms. The summed E-state index contributed by atoms with van der Waals surface area (Å²) in [6, 6.07) is 16.5. The fraction of sp³-hybridized carbons (Fsp3) is 0.259. The van der Waals surface area contributed by atoms with Crippen molar-refractivity contribution in [3.8, 4) is 28.5 Å². The summed E-state index contributed by atoms with van der Waals surface area (Å²) < 4.78 is 16.4. The Hall–Kier alpha value is -4.11. The van der Waals surface area contributed by atoms with Crippen LogP contribution in [-0.4, -0.2) is 72.8 Å². The lowest BCUT2D eigenvalue weighted by atomic mass is 10.1. The highest BCUT2D eigenvalue weighted by molar-refractivity contribution is 6.30. The summed E-state index contributed by atoms with van der Waals surface area (Å²) in [5, 5.41) is 0.623. The Morgan fingerprint density at radius 1 is 0.919 bits per heavy atom. The van der Waals surface area contributed by atoms with Gasteiger partial charge in [0.2, 0.25) is 0 Å². The molecule has 5 rings (SSSR count). The van der Waals surface area contributed by atoms with E-state index in [1.807, 2.05) is 30.3 Å². The second-order valence-corrected chi connectivity index (χ2v) is 8.88. The van der Waals surface area contributed by atoms with E-state index in [1.54, 1.807) is 49.7 Å². The molecule has 1 saturated heterocycles. The number of hydrogen-bond acceptors (Lipinski definition) is 8. The summed E-state index contributed by atoms with van der Waals surface area (Å²) in [4.78, 5) is 30.5. The predicted octanol–water partition coefficient (Wildman–Crippen LogP) is 4.09. The fourth-order valence-electron chi connectivity index (χ4n) is 4.25. The van der Waals surface area contributed by atoms with Gasteiger partial charge >= 0.3 is 0 Å². The van der Waals surface area contributed by atoms with E-state index in [4.69, 9.17) is 30.8 Å². The molecule has 0 unspecified atom stereocenters. The molecule has 0 N–H and O–H groups in total. The van der Waals surface area contributed by atoms with Crippen LogP contribution in [0.25, 0.3) is 22.3 Å². The lowest BCUT2D eigenvalue weighted by Gasteiger charge is -2.35. The topological polar surface area (TPSA) is 89.9 Å². The Morgan fingerprint density at radius 3 is 2.41 bits per heavy atom. The summed E-state index contributed by atoms with van der Waals surface area (Å²) in [5.74, 6) is 2.59. The van der Waals surface area contributed by atoms with E-state index in [0.29, 0.717) is 54.0 Å². The van der Waals surface area contributed by atoms with Crippen molar-refractivity contribution in [1.82, 2.24) is 19.9 Å². The Morgan fingerprint density at radius 2 is 1.68 bits per heavy atom. The van der Waals surface area contributed by atoms with Gasteiger partial charge in [0, 0.05) is 36.8 Å². The van der Waals surface area contributed by atoms with Crippen LogP contribution in [0.1, 0.15) is 0 Å². The standard InChI is InChI=1S/C27H26ClN5O4/c1-35-23-10-3-18(15-24(23)36-2)21-8-9-22-26(31-21)27(30-17-29-22)33-13-11-32(12-14-33)25(34)16-37-20-6-4-19(28)5-7-20/h3-10,15,17H,11-14,16H2,1-2H3. The SMILES string of the molecule is COc1ccc(-c2ccc3ncnc(N4CCN(C(=O)COc5ccc(Cl)cc5)CC4)c3n2)cc1OC. The first-order chi connectivity index (χ1) is 18.1. The van der Waals surface area contributed by atoms with Crippen molar-refractivity contribution in [2.75, 3.05) is 51.9 Å². The van der Waals surface area contributed by atoms with Gasteiger partial charge in [0.15, 0.2) is 23.9 Å². The van der Waals surface area contributed by atoms with Crippen molar-refractivity contribution in [2.24, 2.45) is 0 Å².